The molecule has 41 heavy (non-hydrogen) atoms. The van der Waals surface area contributed by atoms with Gasteiger partial charge in [-0.15, -0.1) is 0 Å². The normalized spacial score (nSPS) is 19.1. The fraction of sp³-hybridized carbons (Fsp3) is 0.265. The van der Waals surface area contributed by atoms with E-state index in [0.29, 0.717) is 11.3 Å². The van der Waals surface area contributed by atoms with Crippen molar-refractivity contribution >= 4 is 38.9 Å². The molecule has 1 unspecified atom stereocenters. The summed E-state index contributed by atoms with van der Waals surface area (Å²) in [5.41, 5.74) is 5.56. The molecule has 0 fully saturated rings. The molecule has 2 aliphatic rings. The minimum Gasteiger partial charge on any atom is -0.421 e. The number of ether oxygens (including phenoxy) is 1. The van der Waals surface area contributed by atoms with E-state index in [1.54, 1.807) is 0 Å². The number of hydrogen-bond donors (Lipinski definition) is 0. The van der Waals surface area contributed by atoms with Crippen molar-refractivity contribution in [3.05, 3.63) is 94.5 Å². The molecule has 0 aliphatic carbocycles. The zero-order valence-electron chi connectivity index (χ0n) is 23.9. The number of aromatic nitrogens is 1. The molecule has 7 rings (SSSR count). The molecule has 0 amide bonds. The second kappa shape index (κ2) is 8.18. The van der Waals surface area contributed by atoms with Crippen LogP contribution in [-0.2, 0) is 15.8 Å². The van der Waals surface area contributed by atoms with E-state index in [2.05, 4.69) is 40.2 Å². The third kappa shape index (κ3) is 3.47. The predicted octanol–water partition coefficient (Wildman–Crippen LogP) is 7.34. The Bertz CT molecular complexity index is 2020. The monoisotopic (exact) mass is 542 g/mol. The van der Waals surface area contributed by atoms with Gasteiger partial charge in [-0.05, 0) is 75.2 Å². The van der Waals surface area contributed by atoms with Crippen LogP contribution >= 0.6 is 0 Å². The molecule has 5 aromatic rings. The molecule has 2 aromatic heterocycles. The molecule has 204 valence electrons. The van der Waals surface area contributed by atoms with Crippen molar-refractivity contribution in [1.29, 1.82) is 5.26 Å². The summed E-state index contributed by atoms with van der Waals surface area (Å²) in [5, 5.41) is 11.7. The van der Waals surface area contributed by atoms with Crippen LogP contribution in [-0.4, -0.2) is 17.9 Å². The van der Waals surface area contributed by atoms with Crippen molar-refractivity contribution in [2.45, 2.75) is 51.5 Å². The van der Waals surface area contributed by atoms with Crippen LogP contribution in [0.5, 0.6) is 0 Å². The van der Waals surface area contributed by atoms with Crippen molar-refractivity contribution in [3.63, 3.8) is 0 Å². The van der Waals surface area contributed by atoms with Gasteiger partial charge < -0.3 is 14.1 Å². The number of rotatable bonds is 2. The number of benzene rings is 3. The van der Waals surface area contributed by atoms with Crippen molar-refractivity contribution in [2.75, 3.05) is 16.8 Å². The van der Waals surface area contributed by atoms with Crippen molar-refractivity contribution in [1.82, 2.24) is 4.98 Å². The van der Waals surface area contributed by atoms with Gasteiger partial charge in [0.15, 0.2) is 5.69 Å². The Morgan fingerprint density at radius 2 is 1.73 bits per heavy atom. The fourth-order valence-corrected chi connectivity index (χ4v) is 6.33. The molecular formula is C34H30N4O3. The topological polar surface area (TPSA) is 82.6 Å². The van der Waals surface area contributed by atoms with Crippen LogP contribution in [0.4, 0.5) is 17.1 Å². The highest BCUT2D eigenvalue weighted by molar-refractivity contribution is 6.04. The SMILES string of the molecule is CN1c2c(c3cc(-c4cnc5ccccc5c4)ccc3oc2=O)N2c3ccc(C(C)(C)C#N)cc3C(C)(C)OC12C. The lowest BCUT2D eigenvalue weighted by atomic mass is 9.82. The van der Waals surface area contributed by atoms with Gasteiger partial charge in [-0.2, -0.15) is 5.26 Å². The van der Waals surface area contributed by atoms with E-state index in [1.165, 1.54) is 0 Å². The van der Waals surface area contributed by atoms with E-state index in [9.17, 15) is 10.1 Å². The van der Waals surface area contributed by atoms with E-state index >= 15 is 0 Å². The van der Waals surface area contributed by atoms with Crippen molar-refractivity contribution in [3.8, 4) is 17.2 Å². The van der Waals surface area contributed by atoms with E-state index < -0.39 is 22.5 Å². The summed E-state index contributed by atoms with van der Waals surface area (Å²) in [6.45, 7) is 9.86. The second-order valence-corrected chi connectivity index (χ2v) is 12.1. The second-order valence-electron chi connectivity index (χ2n) is 12.1. The van der Waals surface area contributed by atoms with E-state index in [0.717, 1.165) is 49.9 Å². The minimum atomic E-state index is -0.991. The average molecular weight is 543 g/mol. The highest BCUT2D eigenvalue weighted by atomic mass is 16.6. The van der Waals surface area contributed by atoms with E-state index in [1.807, 2.05) is 95.2 Å². The maximum atomic E-state index is 13.5. The van der Waals surface area contributed by atoms with Crippen LogP contribution in [0.25, 0.3) is 33.0 Å². The number of anilines is 3. The molecule has 4 heterocycles. The van der Waals surface area contributed by atoms with Gasteiger partial charge in [0, 0.05) is 42.1 Å². The number of hydrogen-bond acceptors (Lipinski definition) is 7. The molecule has 3 aromatic carbocycles. The van der Waals surface area contributed by atoms with Crippen LogP contribution in [0.1, 0.15) is 45.7 Å². The van der Waals surface area contributed by atoms with E-state index in [4.69, 9.17) is 9.15 Å². The molecule has 0 saturated heterocycles. The first-order chi connectivity index (χ1) is 19.4. The van der Waals surface area contributed by atoms with Crippen LogP contribution in [0.3, 0.4) is 0 Å². The number of para-hydroxylation sites is 1. The maximum Gasteiger partial charge on any atom is 0.362 e. The van der Waals surface area contributed by atoms with E-state index in [-0.39, 0.29) is 0 Å². The highest BCUT2D eigenvalue weighted by Gasteiger charge is 2.56. The Morgan fingerprint density at radius 1 is 0.951 bits per heavy atom. The average Bonchev–Trinajstić information content (AvgIpc) is 3.19. The zero-order chi connectivity index (χ0) is 28.9. The Kier molecular flexibility index (Phi) is 5.05. The van der Waals surface area contributed by atoms with Gasteiger partial charge in [0.05, 0.1) is 34.0 Å². The lowest BCUT2D eigenvalue weighted by Gasteiger charge is -2.51. The summed E-state index contributed by atoms with van der Waals surface area (Å²) in [6, 6.07) is 24.6. The first kappa shape index (κ1) is 25.3. The largest absolute Gasteiger partial charge is 0.421 e. The summed E-state index contributed by atoms with van der Waals surface area (Å²) < 4.78 is 12.7. The Balaban J connectivity index is 1.50. The molecule has 7 heteroatoms. The molecule has 2 aliphatic heterocycles. The molecule has 1 atom stereocenters. The summed E-state index contributed by atoms with van der Waals surface area (Å²) >= 11 is 0. The molecular weight excluding hydrogens is 512 g/mol. The first-order valence-corrected chi connectivity index (χ1v) is 13.7. The molecule has 0 bridgehead atoms. The third-order valence-electron chi connectivity index (χ3n) is 8.71. The van der Waals surface area contributed by atoms with Crippen molar-refractivity contribution in [2.24, 2.45) is 0 Å². The van der Waals surface area contributed by atoms with Crippen LogP contribution < -0.4 is 15.4 Å². The standard InChI is InChI=1S/C34H30N4O3/c1-32(2,19-35)23-12-13-27-25(17-23)33(3,4)41-34(5)37(6)30-29(38(27)34)24-16-20(11-14-28(24)40-31(30)39)22-15-21-9-7-8-10-26(21)36-18-22/h7-18H,1-6H3. The van der Waals surface area contributed by atoms with Gasteiger partial charge in [-0.1, -0.05) is 30.3 Å². The van der Waals surface area contributed by atoms with Gasteiger partial charge in [0.25, 0.3) is 0 Å². The summed E-state index contributed by atoms with van der Waals surface area (Å²) in [6.07, 6.45) is 1.87. The number of nitriles is 1. The van der Waals surface area contributed by atoms with Crippen LogP contribution in [0, 0.1) is 11.3 Å². The van der Waals surface area contributed by atoms with Crippen molar-refractivity contribution < 1.29 is 9.15 Å². The summed E-state index contributed by atoms with van der Waals surface area (Å²) in [7, 11) is 1.87. The summed E-state index contributed by atoms with van der Waals surface area (Å²) in [5.74, 6) is -0.991. The number of pyridine rings is 1. The maximum absolute atomic E-state index is 13.5. The van der Waals surface area contributed by atoms with Crippen LogP contribution in [0.2, 0.25) is 0 Å². The van der Waals surface area contributed by atoms with Gasteiger partial charge in [-0.25, -0.2) is 4.79 Å². The zero-order valence-corrected chi connectivity index (χ0v) is 23.9. The number of nitrogens with zero attached hydrogens (tertiary/aromatic N) is 4. The Hall–Kier alpha value is -4.67. The first-order valence-electron chi connectivity index (χ1n) is 13.7. The lowest BCUT2D eigenvalue weighted by Crippen LogP contribution is -2.60. The van der Waals surface area contributed by atoms with Crippen LogP contribution in [0.15, 0.2) is 82.1 Å². The van der Waals surface area contributed by atoms with Gasteiger partial charge in [-0.3, -0.25) is 9.88 Å². The highest BCUT2D eigenvalue weighted by Crippen LogP contribution is 2.57. The van der Waals surface area contributed by atoms with Gasteiger partial charge in [0.2, 0.25) is 5.85 Å². The molecule has 0 radical (unpaired) electrons. The van der Waals surface area contributed by atoms with Gasteiger partial charge in [0.1, 0.15) is 5.58 Å². The molecule has 7 nitrogen and oxygen atoms in total. The third-order valence-corrected chi connectivity index (χ3v) is 8.71. The smallest absolute Gasteiger partial charge is 0.362 e. The quantitative estimate of drug-likeness (QED) is 0.216. The Morgan fingerprint density at radius 3 is 2.51 bits per heavy atom. The number of fused-ring (bicyclic) bond motifs is 8. The lowest BCUT2D eigenvalue weighted by molar-refractivity contribution is -0.136. The minimum absolute atomic E-state index is 0.420. The fourth-order valence-electron chi connectivity index (χ4n) is 6.33. The molecule has 0 saturated carbocycles. The Labute approximate surface area is 238 Å². The molecule has 0 N–H and O–H groups in total. The predicted molar refractivity (Wildman–Crippen MR) is 161 cm³/mol. The molecule has 0 spiro atoms. The van der Waals surface area contributed by atoms with Gasteiger partial charge >= 0.3 is 5.63 Å². The summed E-state index contributed by atoms with van der Waals surface area (Å²) in [4.78, 5) is 22.1.